The van der Waals surface area contributed by atoms with E-state index in [9.17, 15) is 0 Å². The van der Waals surface area contributed by atoms with Gasteiger partial charge in [0.25, 0.3) is 0 Å². The van der Waals surface area contributed by atoms with E-state index in [1.54, 1.807) is 11.3 Å². The van der Waals surface area contributed by atoms with Gasteiger partial charge >= 0.3 is 0 Å². The van der Waals surface area contributed by atoms with Gasteiger partial charge in [0, 0.05) is 30.0 Å². The predicted molar refractivity (Wildman–Crippen MR) is 91.6 cm³/mol. The topological polar surface area (TPSA) is 46.3 Å². The Balaban J connectivity index is 1.65. The SMILES string of the molecule is Cc1nc(CN2CCCCC2c2cc(C)n3ccnc3n2)cs1. The number of thiazole rings is 1. The van der Waals surface area contributed by atoms with E-state index >= 15 is 0 Å². The van der Waals surface area contributed by atoms with Crippen molar-refractivity contribution in [2.24, 2.45) is 0 Å². The lowest BCUT2D eigenvalue weighted by Gasteiger charge is -2.35. The number of nitrogens with zero attached hydrogens (tertiary/aromatic N) is 5. The summed E-state index contributed by atoms with van der Waals surface area (Å²) in [4.78, 5) is 16.3. The van der Waals surface area contributed by atoms with Gasteiger partial charge in [-0.3, -0.25) is 9.30 Å². The Morgan fingerprint density at radius 2 is 2.17 bits per heavy atom. The standard InChI is InChI=1S/C17H21N5S/c1-12-9-15(20-17-18-6-8-22(12)17)16-5-3-4-7-21(16)10-14-11-23-13(2)19-14/h6,8-9,11,16H,3-5,7,10H2,1-2H3. The molecule has 1 aliphatic heterocycles. The second-order valence-corrected chi connectivity index (χ2v) is 7.32. The van der Waals surface area contributed by atoms with Crippen molar-refractivity contribution in [3.63, 3.8) is 0 Å². The normalized spacial score (nSPS) is 19.5. The van der Waals surface area contributed by atoms with Crippen molar-refractivity contribution >= 4 is 17.1 Å². The van der Waals surface area contributed by atoms with E-state index in [2.05, 4.69) is 40.2 Å². The molecule has 0 N–H and O–H groups in total. The minimum atomic E-state index is 0.367. The molecule has 0 bridgehead atoms. The maximum atomic E-state index is 4.81. The monoisotopic (exact) mass is 327 g/mol. The lowest BCUT2D eigenvalue weighted by atomic mass is 9.98. The van der Waals surface area contributed by atoms with Gasteiger partial charge in [-0.1, -0.05) is 6.42 Å². The molecule has 0 aliphatic carbocycles. The highest BCUT2D eigenvalue weighted by molar-refractivity contribution is 7.09. The Morgan fingerprint density at radius 3 is 3.00 bits per heavy atom. The molecule has 0 saturated carbocycles. The second-order valence-electron chi connectivity index (χ2n) is 6.26. The van der Waals surface area contributed by atoms with E-state index in [1.165, 1.54) is 24.2 Å². The van der Waals surface area contributed by atoms with Crippen LogP contribution in [-0.2, 0) is 6.54 Å². The summed E-state index contributed by atoms with van der Waals surface area (Å²) in [7, 11) is 0. The largest absolute Gasteiger partial charge is 0.289 e. The molecule has 23 heavy (non-hydrogen) atoms. The van der Waals surface area contributed by atoms with Gasteiger partial charge in [-0.15, -0.1) is 11.3 Å². The highest BCUT2D eigenvalue weighted by atomic mass is 32.1. The van der Waals surface area contributed by atoms with Crippen LogP contribution < -0.4 is 0 Å². The fourth-order valence-corrected chi connectivity index (χ4v) is 4.06. The van der Waals surface area contributed by atoms with Gasteiger partial charge < -0.3 is 0 Å². The molecule has 1 unspecified atom stereocenters. The Morgan fingerprint density at radius 1 is 1.26 bits per heavy atom. The van der Waals surface area contributed by atoms with Crippen molar-refractivity contribution in [3.8, 4) is 0 Å². The number of hydrogen-bond donors (Lipinski definition) is 0. The second kappa shape index (κ2) is 6.02. The number of imidazole rings is 1. The third-order valence-corrected chi connectivity index (χ3v) is 5.40. The number of likely N-dealkylation sites (tertiary alicyclic amines) is 1. The van der Waals surface area contributed by atoms with Crippen LogP contribution in [0.25, 0.3) is 5.78 Å². The van der Waals surface area contributed by atoms with Gasteiger partial charge in [-0.05, 0) is 39.3 Å². The molecule has 0 spiro atoms. The summed E-state index contributed by atoms with van der Waals surface area (Å²) < 4.78 is 2.04. The van der Waals surface area contributed by atoms with E-state index in [0.717, 1.165) is 36.0 Å². The minimum Gasteiger partial charge on any atom is -0.289 e. The number of aromatic nitrogens is 4. The van der Waals surface area contributed by atoms with E-state index in [4.69, 9.17) is 4.98 Å². The van der Waals surface area contributed by atoms with Gasteiger partial charge in [0.2, 0.25) is 5.78 Å². The number of piperidine rings is 1. The Labute approximate surface area is 140 Å². The van der Waals surface area contributed by atoms with Crippen LogP contribution in [-0.4, -0.2) is 30.8 Å². The van der Waals surface area contributed by atoms with Crippen molar-refractivity contribution < 1.29 is 0 Å². The average Bonchev–Trinajstić information content (AvgIpc) is 3.17. The minimum absolute atomic E-state index is 0.367. The third-order valence-electron chi connectivity index (χ3n) is 4.57. The summed E-state index contributed by atoms with van der Waals surface area (Å²) in [6, 6.07) is 2.58. The summed E-state index contributed by atoms with van der Waals surface area (Å²) in [5.74, 6) is 0.801. The zero-order valence-electron chi connectivity index (χ0n) is 13.6. The van der Waals surface area contributed by atoms with Crippen LogP contribution in [0, 0.1) is 13.8 Å². The van der Waals surface area contributed by atoms with E-state index in [0.29, 0.717) is 6.04 Å². The van der Waals surface area contributed by atoms with Crippen LogP contribution in [0.1, 0.15) is 47.4 Å². The van der Waals surface area contributed by atoms with Gasteiger partial charge in [0.1, 0.15) is 0 Å². The summed E-state index contributed by atoms with van der Waals surface area (Å²) in [5.41, 5.74) is 3.52. The molecule has 4 rings (SSSR count). The number of rotatable bonds is 3. The van der Waals surface area contributed by atoms with Crippen LogP contribution >= 0.6 is 11.3 Å². The lowest BCUT2D eigenvalue weighted by Crippen LogP contribution is -2.33. The fraction of sp³-hybridized carbons (Fsp3) is 0.471. The molecular weight excluding hydrogens is 306 g/mol. The molecule has 0 amide bonds. The predicted octanol–water partition coefficient (Wildman–Crippen LogP) is 3.53. The first-order valence-corrected chi connectivity index (χ1v) is 9.04. The van der Waals surface area contributed by atoms with E-state index < -0.39 is 0 Å². The molecule has 3 aromatic rings. The number of fused-ring (bicyclic) bond motifs is 1. The Bertz CT molecular complexity index is 821. The first-order valence-electron chi connectivity index (χ1n) is 8.16. The van der Waals surface area contributed by atoms with E-state index in [-0.39, 0.29) is 0 Å². The summed E-state index contributed by atoms with van der Waals surface area (Å²) in [6.45, 7) is 6.22. The molecule has 4 heterocycles. The van der Waals surface area contributed by atoms with Crippen molar-refractivity contribution in [1.29, 1.82) is 0 Å². The molecule has 0 radical (unpaired) electrons. The maximum absolute atomic E-state index is 4.81. The molecule has 120 valence electrons. The Hall–Kier alpha value is -1.79. The van der Waals surface area contributed by atoms with Crippen LogP contribution in [0.2, 0.25) is 0 Å². The summed E-state index contributed by atoms with van der Waals surface area (Å²) in [5, 5.41) is 3.32. The van der Waals surface area contributed by atoms with E-state index in [1.807, 2.05) is 16.8 Å². The van der Waals surface area contributed by atoms with Crippen molar-refractivity contribution in [3.05, 3.63) is 45.9 Å². The zero-order valence-corrected chi connectivity index (χ0v) is 14.4. The van der Waals surface area contributed by atoms with Crippen LogP contribution in [0.3, 0.4) is 0 Å². The molecule has 5 nitrogen and oxygen atoms in total. The third kappa shape index (κ3) is 2.88. The van der Waals surface area contributed by atoms with Crippen LogP contribution in [0.4, 0.5) is 0 Å². The average molecular weight is 327 g/mol. The quantitative estimate of drug-likeness (QED) is 0.738. The molecule has 0 aromatic carbocycles. The van der Waals surface area contributed by atoms with Gasteiger partial charge in [-0.2, -0.15) is 0 Å². The first-order chi connectivity index (χ1) is 11.2. The molecule has 1 atom stereocenters. The highest BCUT2D eigenvalue weighted by Crippen LogP contribution is 2.31. The number of hydrogen-bond acceptors (Lipinski definition) is 5. The highest BCUT2D eigenvalue weighted by Gasteiger charge is 2.26. The first kappa shape index (κ1) is 14.8. The molecular formula is C17H21N5S. The molecule has 1 aliphatic rings. The van der Waals surface area contributed by atoms with Gasteiger partial charge in [0.15, 0.2) is 0 Å². The lowest BCUT2D eigenvalue weighted by molar-refractivity contribution is 0.136. The molecule has 1 saturated heterocycles. The van der Waals surface area contributed by atoms with Crippen molar-refractivity contribution in [1.82, 2.24) is 24.3 Å². The van der Waals surface area contributed by atoms with Gasteiger partial charge in [0.05, 0.1) is 22.4 Å². The Kier molecular flexibility index (Phi) is 3.87. The van der Waals surface area contributed by atoms with Gasteiger partial charge in [-0.25, -0.2) is 15.0 Å². The molecule has 6 heteroatoms. The molecule has 3 aromatic heterocycles. The molecule has 1 fully saturated rings. The zero-order chi connectivity index (χ0) is 15.8. The van der Waals surface area contributed by atoms with Crippen molar-refractivity contribution in [2.45, 2.75) is 45.7 Å². The number of aryl methyl sites for hydroxylation is 2. The fourth-order valence-electron chi connectivity index (χ4n) is 3.46. The summed E-state index contributed by atoms with van der Waals surface area (Å²) >= 11 is 1.73. The summed E-state index contributed by atoms with van der Waals surface area (Å²) in [6.07, 6.45) is 7.46. The smallest absolute Gasteiger partial charge is 0.234 e. The van der Waals surface area contributed by atoms with Crippen molar-refractivity contribution in [2.75, 3.05) is 6.54 Å². The van der Waals surface area contributed by atoms with Crippen LogP contribution in [0.5, 0.6) is 0 Å². The van der Waals surface area contributed by atoms with Crippen LogP contribution in [0.15, 0.2) is 23.8 Å². The maximum Gasteiger partial charge on any atom is 0.234 e.